The Morgan fingerprint density at radius 3 is 2.67 bits per heavy atom. The highest BCUT2D eigenvalue weighted by Gasteiger charge is 2.08. The van der Waals surface area contributed by atoms with Crippen LogP contribution in [0.15, 0.2) is 12.1 Å². The molecular weight excluding hydrogens is 230 g/mol. The number of aromatic nitrogens is 4. The molecule has 0 radical (unpaired) electrons. The molecule has 0 spiro atoms. The zero-order chi connectivity index (χ0) is 13.1. The van der Waals surface area contributed by atoms with Gasteiger partial charge in [0, 0.05) is 32.6 Å². The summed E-state index contributed by atoms with van der Waals surface area (Å²) in [7, 11) is 3.66. The van der Waals surface area contributed by atoms with Gasteiger partial charge in [-0.3, -0.25) is 0 Å². The highest BCUT2D eigenvalue weighted by molar-refractivity contribution is 5.38. The highest BCUT2D eigenvalue weighted by atomic mass is 16.5. The zero-order valence-electron chi connectivity index (χ0n) is 11.1. The Morgan fingerprint density at radius 2 is 2.11 bits per heavy atom. The minimum absolute atomic E-state index is 0.522. The molecule has 2 heterocycles. The van der Waals surface area contributed by atoms with Crippen molar-refractivity contribution in [3.05, 3.63) is 23.7 Å². The van der Waals surface area contributed by atoms with Crippen LogP contribution >= 0.6 is 0 Å². The molecule has 0 saturated carbocycles. The number of anilines is 1. The van der Waals surface area contributed by atoms with Crippen LogP contribution in [-0.4, -0.2) is 26.8 Å². The average molecular weight is 247 g/mol. The molecule has 96 valence electrons. The van der Waals surface area contributed by atoms with Crippen molar-refractivity contribution in [1.82, 2.24) is 19.7 Å². The standard InChI is InChI=1S/C12H17N5O/c1-5-9-14-10(13-3)7-11(15-9)18-12-6-8(2)16-17(12)4/h6-7H,5H2,1-4H3,(H,13,14,15). The predicted molar refractivity (Wildman–Crippen MR) is 69.0 cm³/mol. The minimum Gasteiger partial charge on any atom is -0.421 e. The molecule has 0 saturated heterocycles. The second kappa shape index (κ2) is 5.03. The second-order valence-electron chi connectivity index (χ2n) is 3.96. The monoisotopic (exact) mass is 247 g/mol. The molecule has 0 unspecified atom stereocenters. The molecule has 0 aliphatic rings. The molecule has 0 bridgehead atoms. The van der Waals surface area contributed by atoms with E-state index in [1.165, 1.54) is 0 Å². The summed E-state index contributed by atoms with van der Waals surface area (Å²) in [6.45, 7) is 3.93. The van der Waals surface area contributed by atoms with Crippen molar-refractivity contribution < 1.29 is 4.74 Å². The predicted octanol–water partition coefficient (Wildman–Crippen LogP) is 1.91. The average Bonchev–Trinajstić information content (AvgIpc) is 2.67. The molecule has 6 heteroatoms. The minimum atomic E-state index is 0.522. The Hall–Kier alpha value is -2.11. The molecule has 0 aliphatic carbocycles. The molecular formula is C12H17N5O. The van der Waals surface area contributed by atoms with E-state index in [-0.39, 0.29) is 0 Å². The maximum absolute atomic E-state index is 5.72. The first-order chi connectivity index (χ1) is 8.62. The molecule has 2 aromatic heterocycles. The summed E-state index contributed by atoms with van der Waals surface area (Å²) in [6.07, 6.45) is 0.760. The molecule has 0 fully saturated rings. The van der Waals surface area contributed by atoms with Gasteiger partial charge in [0.25, 0.3) is 0 Å². The first-order valence-corrected chi connectivity index (χ1v) is 5.86. The number of hydrogen-bond donors (Lipinski definition) is 1. The molecule has 0 aromatic carbocycles. The lowest BCUT2D eigenvalue weighted by Crippen LogP contribution is -2.02. The van der Waals surface area contributed by atoms with E-state index >= 15 is 0 Å². The van der Waals surface area contributed by atoms with Gasteiger partial charge in [0.1, 0.15) is 11.6 Å². The lowest BCUT2D eigenvalue weighted by molar-refractivity contribution is 0.413. The van der Waals surface area contributed by atoms with Gasteiger partial charge in [-0.25, -0.2) is 9.67 Å². The van der Waals surface area contributed by atoms with Gasteiger partial charge in [0.2, 0.25) is 11.8 Å². The van der Waals surface area contributed by atoms with Gasteiger partial charge >= 0.3 is 0 Å². The fourth-order valence-electron chi connectivity index (χ4n) is 1.60. The van der Waals surface area contributed by atoms with Crippen LogP contribution < -0.4 is 10.1 Å². The number of nitrogens with zero attached hydrogens (tertiary/aromatic N) is 4. The van der Waals surface area contributed by atoms with Crippen LogP contribution in [0.3, 0.4) is 0 Å². The number of nitrogens with one attached hydrogen (secondary N) is 1. The fraction of sp³-hybridized carbons (Fsp3) is 0.417. The quantitative estimate of drug-likeness (QED) is 0.894. The summed E-state index contributed by atoms with van der Waals surface area (Å²) < 4.78 is 7.41. The van der Waals surface area contributed by atoms with E-state index < -0.39 is 0 Å². The Bertz CT molecular complexity index is 527. The fourth-order valence-corrected chi connectivity index (χ4v) is 1.60. The maximum Gasteiger partial charge on any atom is 0.226 e. The summed E-state index contributed by atoms with van der Waals surface area (Å²) in [5.41, 5.74) is 0.908. The Morgan fingerprint density at radius 1 is 1.33 bits per heavy atom. The van der Waals surface area contributed by atoms with Crippen molar-refractivity contribution in [2.24, 2.45) is 7.05 Å². The molecule has 2 aromatic rings. The summed E-state index contributed by atoms with van der Waals surface area (Å²) in [4.78, 5) is 8.65. The number of ether oxygens (including phenoxy) is 1. The van der Waals surface area contributed by atoms with Gasteiger partial charge in [-0.15, -0.1) is 0 Å². The summed E-state index contributed by atoms with van der Waals surface area (Å²) in [6, 6.07) is 3.63. The molecule has 18 heavy (non-hydrogen) atoms. The van der Waals surface area contributed by atoms with Crippen molar-refractivity contribution >= 4 is 5.82 Å². The first-order valence-electron chi connectivity index (χ1n) is 5.86. The van der Waals surface area contributed by atoms with E-state index in [1.54, 1.807) is 10.7 Å². The number of aryl methyl sites for hydroxylation is 3. The summed E-state index contributed by atoms with van der Waals surface area (Å²) in [5, 5.41) is 7.22. The second-order valence-corrected chi connectivity index (χ2v) is 3.96. The lowest BCUT2D eigenvalue weighted by atomic mass is 10.4. The van der Waals surface area contributed by atoms with Gasteiger partial charge in [-0.1, -0.05) is 6.92 Å². The zero-order valence-corrected chi connectivity index (χ0v) is 11.1. The van der Waals surface area contributed by atoms with Crippen LogP contribution in [0.1, 0.15) is 18.4 Å². The third kappa shape index (κ3) is 2.58. The normalized spacial score (nSPS) is 10.4. The van der Waals surface area contributed by atoms with Crippen LogP contribution in [0.2, 0.25) is 0 Å². The van der Waals surface area contributed by atoms with Crippen LogP contribution in [0.4, 0.5) is 5.82 Å². The SMILES string of the molecule is CCc1nc(NC)cc(Oc2cc(C)nn2C)n1. The summed E-state index contributed by atoms with van der Waals surface area (Å²) >= 11 is 0. The van der Waals surface area contributed by atoms with Crippen LogP contribution in [0.5, 0.6) is 11.8 Å². The smallest absolute Gasteiger partial charge is 0.226 e. The van der Waals surface area contributed by atoms with Crippen molar-refractivity contribution in [2.45, 2.75) is 20.3 Å². The van der Waals surface area contributed by atoms with Crippen molar-refractivity contribution in [2.75, 3.05) is 12.4 Å². The number of hydrogen-bond acceptors (Lipinski definition) is 5. The Labute approximate surface area is 106 Å². The Balaban J connectivity index is 2.30. The van der Waals surface area contributed by atoms with E-state index in [0.717, 1.165) is 23.8 Å². The third-order valence-corrected chi connectivity index (χ3v) is 2.49. The van der Waals surface area contributed by atoms with Crippen LogP contribution in [0, 0.1) is 6.92 Å². The van der Waals surface area contributed by atoms with Crippen LogP contribution in [0.25, 0.3) is 0 Å². The molecule has 0 atom stereocenters. The van der Waals surface area contributed by atoms with Crippen molar-refractivity contribution in [3.8, 4) is 11.8 Å². The van der Waals surface area contributed by atoms with Gasteiger partial charge in [-0.2, -0.15) is 10.1 Å². The van der Waals surface area contributed by atoms with Gasteiger partial charge < -0.3 is 10.1 Å². The van der Waals surface area contributed by atoms with Gasteiger partial charge in [0.05, 0.1) is 5.69 Å². The third-order valence-electron chi connectivity index (χ3n) is 2.49. The van der Waals surface area contributed by atoms with Crippen LogP contribution in [-0.2, 0) is 13.5 Å². The van der Waals surface area contributed by atoms with Gasteiger partial charge in [-0.05, 0) is 6.92 Å². The molecule has 0 amide bonds. The maximum atomic E-state index is 5.72. The molecule has 0 aliphatic heterocycles. The van der Waals surface area contributed by atoms with E-state index in [2.05, 4.69) is 20.4 Å². The first kappa shape index (κ1) is 12.3. The number of rotatable bonds is 4. The van der Waals surface area contributed by atoms with E-state index in [4.69, 9.17) is 4.74 Å². The van der Waals surface area contributed by atoms with E-state index in [0.29, 0.717) is 11.8 Å². The molecule has 6 nitrogen and oxygen atoms in total. The van der Waals surface area contributed by atoms with E-state index in [9.17, 15) is 0 Å². The van der Waals surface area contributed by atoms with Gasteiger partial charge in [0.15, 0.2) is 0 Å². The van der Waals surface area contributed by atoms with Crippen molar-refractivity contribution in [3.63, 3.8) is 0 Å². The topological polar surface area (TPSA) is 64.9 Å². The molecule has 1 N–H and O–H groups in total. The highest BCUT2D eigenvalue weighted by Crippen LogP contribution is 2.21. The largest absolute Gasteiger partial charge is 0.421 e. The summed E-state index contributed by atoms with van der Waals surface area (Å²) in [5.74, 6) is 2.68. The Kier molecular flexibility index (Phi) is 3.45. The molecule has 2 rings (SSSR count). The van der Waals surface area contributed by atoms with E-state index in [1.807, 2.05) is 34.0 Å². The lowest BCUT2D eigenvalue weighted by Gasteiger charge is -2.07. The van der Waals surface area contributed by atoms with Crippen molar-refractivity contribution in [1.29, 1.82) is 0 Å².